The summed E-state index contributed by atoms with van der Waals surface area (Å²) in [4.78, 5) is 43.3. The number of nitrogens with one attached hydrogen (secondary N) is 2. The van der Waals surface area contributed by atoms with E-state index < -0.39 is 47.4 Å². The van der Waals surface area contributed by atoms with Gasteiger partial charge in [-0.05, 0) is 82.1 Å². The molecule has 1 aromatic heterocycles. The lowest BCUT2D eigenvalue weighted by Gasteiger charge is -2.27. The number of amides is 2. The van der Waals surface area contributed by atoms with Crippen LogP contribution < -0.4 is 15.4 Å². The second-order valence-corrected chi connectivity index (χ2v) is 13.1. The lowest BCUT2D eigenvalue weighted by atomic mass is 10.0. The summed E-state index contributed by atoms with van der Waals surface area (Å²) < 4.78 is 56.0. The average molecular weight is 716 g/mol. The molecule has 14 heteroatoms. The van der Waals surface area contributed by atoms with E-state index in [2.05, 4.69) is 15.6 Å². The molecule has 2 amide bonds. The van der Waals surface area contributed by atoms with E-state index in [4.69, 9.17) is 14.7 Å². The van der Waals surface area contributed by atoms with Crippen LogP contribution >= 0.6 is 0 Å². The van der Waals surface area contributed by atoms with Crippen molar-refractivity contribution in [1.29, 1.82) is 5.26 Å². The maximum Gasteiger partial charge on any atom is 0.410 e. The predicted octanol–water partition coefficient (Wildman–Crippen LogP) is 7.31. The number of nitriles is 1. The summed E-state index contributed by atoms with van der Waals surface area (Å²) in [7, 11) is 0. The monoisotopic (exact) mass is 715 g/mol. The molecule has 0 radical (unpaired) electrons. The quantitative estimate of drug-likeness (QED) is 0.129. The normalized spacial score (nSPS) is 12.4. The van der Waals surface area contributed by atoms with Crippen molar-refractivity contribution < 1.29 is 42.1 Å². The first-order valence-corrected chi connectivity index (χ1v) is 16.4. The van der Waals surface area contributed by atoms with Crippen molar-refractivity contribution >= 4 is 29.3 Å². The molecule has 3 N–H and O–H groups in total. The first-order valence-electron chi connectivity index (χ1n) is 16.4. The van der Waals surface area contributed by atoms with Gasteiger partial charge < -0.3 is 30.1 Å². The van der Waals surface area contributed by atoms with Crippen LogP contribution in [-0.2, 0) is 22.6 Å². The van der Waals surface area contributed by atoms with Crippen LogP contribution in [0, 0.1) is 28.8 Å². The summed E-state index contributed by atoms with van der Waals surface area (Å²) in [5.74, 6) is -4.24. The second-order valence-electron chi connectivity index (χ2n) is 13.1. The van der Waals surface area contributed by atoms with Gasteiger partial charge in [-0.25, -0.2) is 27.7 Å². The second kappa shape index (κ2) is 15.8. The van der Waals surface area contributed by atoms with Crippen LogP contribution in [0.2, 0.25) is 0 Å². The highest BCUT2D eigenvalue weighted by Crippen LogP contribution is 2.30. The van der Waals surface area contributed by atoms with Crippen molar-refractivity contribution in [2.45, 2.75) is 58.3 Å². The zero-order chi connectivity index (χ0) is 37.6. The third-order valence-electron chi connectivity index (χ3n) is 7.87. The van der Waals surface area contributed by atoms with Gasteiger partial charge >= 0.3 is 12.1 Å². The Balaban J connectivity index is 1.25. The van der Waals surface area contributed by atoms with Gasteiger partial charge in [-0.2, -0.15) is 5.26 Å². The van der Waals surface area contributed by atoms with Crippen molar-refractivity contribution in [3.05, 3.63) is 106 Å². The summed E-state index contributed by atoms with van der Waals surface area (Å²) in [6.45, 7) is 5.55. The lowest BCUT2D eigenvalue weighted by molar-refractivity contribution is -0.115. The Morgan fingerprint density at radius 3 is 2.38 bits per heavy atom. The first kappa shape index (κ1) is 37.2. The molecular formula is C38H36F3N5O6. The number of hydrogen-bond donors (Lipinski definition) is 3. The van der Waals surface area contributed by atoms with Gasteiger partial charge in [0.1, 0.15) is 29.7 Å². The molecule has 0 atom stereocenters. The van der Waals surface area contributed by atoms with Crippen LogP contribution in [-0.4, -0.2) is 57.7 Å². The van der Waals surface area contributed by atoms with Crippen LogP contribution in [0.3, 0.4) is 0 Å². The van der Waals surface area contributed by atoms with Gasteiger partial charge in [-0.1, -0.05) is 12.1 Å². The van der Waals surface area contributed by atoms with Gasteiger partial charge in [-0.15, -0.1) is 0 Å². The van der Waals surface area contributed by atoms with E-state index >= 15 is 8.78 Å². The largest absolute Gasteiger partial charge is 0.478 e. The number of carbonyl (C=O) groups is 3. The number of nitrogens with zero attached hydrogens (tertiary/aromatic N) is 3. The highest BCUT2D eigenvalue weighted by Gasteiger charge is 2.35. The summed E-state index contributed by atoms with van der Waals surface area (Å²) >= 11 is 0. The molecule has 1 fully saturated rings. The molecule has 270 valence electrons. The van der Waals surface area contributed by atoms with Crippen molar-refractivity contribution in [3.63, 3.8) is 0 Å². The maximum atomic E-state index is 15.3. The Morgan fingerprint density at radius 2 is 1.71 bits per heavy atom. The number of anilines is 2. The number of benzene rings is 3. The Morgan fingerprint density at radius 1 is 0.962 bits per heavy atom. The Hall–Kier alpha value is -6.10. The van der Waals surface area contributed by atoms with Crippen molar-refractivity contribution in [2.24, 2.45) is 0 Å². The van der Waals surface area contributed by atoms with Crippen molar-refractivity contribution in [2.75, 3.05) is 23.7 Å². The predicted molar refractivity (Wildman–Crippen MR) is 185 cm³/mol. The lowest BCUT2D eigenvalue weighted by Crippen LogP contribution is -2.40. The van der Waals surface area contributed by atoms with Gasteiger partial charge in [0, 0.05) is 41.9 Å². The molecule has 11 nitrogen and oxygen atoms in total. The van der Waals surface area contributed by atoms with E-state index in [1.54, 1.807) is 25.7 Å². The van der Waals surface area contributed by atoms with Crippen LogP contribution in [0.25, 0.3) is 11.3 Å². The number of aromatic nitrogens is 1. The number of hydrogen-bond acceptors (Lipinski definition) is 8. The molecular weight excluding hydrogens is 679 g/mol. The number of rotatable bonds is 13. The Kier molecular flexibility index (Phi) is 11.3. The fourth-order valence-electron chi connectivity index (χ4n) is 5.19. The molecule has 0 aliphatic heterocycles. The van der Waals surface area contributed by atoms with Crippen molar-refractivity contribution in [3.8, 4) is 23.2 Å². The first-order chi connectivity index (χ1) is 24.7. The minimum Gasteiger partial charge on any atom is -0.478 e. The van der Waals surface area contributed by atoms with Gasteiger partial charge in [0.2, 0.25) is 11.8 Å². The van der Waals surface area contributed by atoms with E-state index in [1.165, 1.54) is 48.5 Å². The third-order valence-corrected chi connectivity index (χ3v) is 7.87. The van der Waals surface area contributed by atoms with Crippen LogP contribution in [0.4, 0.5) is 29.3 Å². The smallest absolute Gasteiger partial charge is 0.410 e. The third kappa shape index (κ3) is 9.78. The molecule has 1 heterocycles. The van der Waals surface area contributed by atoms with Gasteiger partial charge in [0.15, 0.2) is 0 Å². The van der Waals surface area contributed by atoms with E-state index in [0.29, 0.717) is 0 Å². The fourth-order valence-corrected chi connectivity index (χ4v) is 5.19. The number of ether oxygens (including phenoxy) is 2. The molecule has 1 aliphatic carbocycles. The topological polar surface area (TPSA) is 154 Å². The molecule has 0 unspecified atom stereocenters. The SMILES string of the molecule is CC(C)(C)OC(=O)N(CCNc1cc(C(=O)O)ccc1NC(=O)Cc1cc(F)c(-c2cccc(OCc3ccc(C#N)cc3F)n2)cc1F)C1CC1. The molecule has 1 saturated carbocycles. The minimum absolute atomic E-state index is 0.0212. The van der Waals surface area contributed by atoms with E-state index in [0.717, 1.165) is 31.0 Å². The highest BCUT2D eigenvalue weighted by molar-refractivity contribution is 5.97. The molecule has 0 bridgehead atoms. The standard InChI is InChI=1S/C38H36F3N5O6/c1-38(2,3)52-37(50)46(26-10-11-26)14-13-43-33-17-23(36(48)49)9-12-32(33)44-34(47)18-25-16-30(41)27(19-29(25)40)31-5-4-6-35(45-31)51-21-24-8-7-22(20-42)15-28(24)39/h4-9,12,15-17,19,26,43H,10-11,13-14,18,21H2,1-3H3,(H,44,47)(H,48,49). The molecule has 1 aliphatic rings. The van der Waals surface area contributed by atoms with Gasteiger partial charge in [0.25, 0.3) is 0 Å². The van der Waals surface area contributed by atoms with Crippen LogP contribution in [0.5, 0.6) is 5.88 Å². The summed E-state index contributed by atoms with van der Waals surface area (Å²) in [6, 6.07) is 16.0. The van der Waals surface area contributed by atoms with Crippen LogP contribution in [0.1, 0.15) is 60.7 Å². The van der Waals surface area contributed by atoms with E-state index in [9.17, 15) is 23.9 Å². The number of carboxylic acids is 1. The number of carbonyl (C=O) groups excluding carboxylic acids is 2. The fraction of sp³-hybridized carbons (Fsp3) is 0.289. The van der Waals surface area contributed by atoms with Crippen LogP contribution in [0.15, 0.2) is 66.7 Å². The highest BCUT2D eigenvalue weighted by atomic mass is 19.1. The summed E-state index contributed by atoms with van der Waals surface area (Å²) in [6.07, 6.45) is 0.670. The Labute approximate surface area is 298 Å². The number of aromatic carboxylic acids is 1. The Bertz CT molecular complexity index is 2040. The van der Waals surface area contributed by atoms with E-state index in [-0.39, 0.29) is 76.5 Å². The molecule has 0 saturated heterocycles. The minimum atomic E-state index is -1.20. The number of carboxylic acid groups (broad SMARTS) is 1. The number of halogens is 3. The molecule has 3 aromatic carbocycles. The number of pyridine rings is 1. The van der Waals surface area contributed by atoms with Gasteiger partial charge in [0.05, 0.1) is 40.7 Å². The molecule has 5 rings (SSSR count). The molecule has 52 heavy (non-hydrogen) atoms. The average Bonchev–Trinajstić information content (AvgIpc) is 3.93. The summed E-state index contributed by atoms with van der Waals surface area (Å²) in [5.41, 5.74) is -0.357. The zero-order valence-corrected chi connectivity index (χ0v) is 28.6. The van der Waals surface area contributed by atoms with E-state index in [1.807, 2.05) is 6.07 Å². The maximum absolute atomic E-state index is 15.3. The molecule has 0 spiro atoms. The molecule has 4 aromatic rings. The summed E-state index contributed by atoms with van der Waals surface area (Å²) in [5, 5.41) is 24.2. The zero-order valence-electron chi connectivity index (χ0n) is 28.6. The van der Waals surface area contributed by atoms with Crippen molar-refractivity contribution in [1.82, 2.24) is 9.88 Å². The van der Waals surface area contributed by atoms with Gasteiger partial charge in [-0.3, -0.25) is 4.79 Å².